The third-order valence-electron chi connectivity index (χ3n) is 2.78. The van der Waals surface area contributed by atoms with Crippen molar-refractivity contribution in [1.29, 1.82) is 0 Å². The van der Waals surface area contributed by atoms with Crippen molar-refractivity contribution in [2.75, 3.05) is 14.1 Å². The van der Waals surface area contributed by atoms with Gasteiger partial charge in [-0.15, -0.1) is 0 Å². The van der Waals surface area contributed by atoms with E-state index in [2.05, 4.69) is 4.98 Å². The van der Waals surface area contributed by atoms with Gasteiger partial charge in [0, 0.05) is 26.2 Å². The minimum absolute atomic E-state index is 0.122. The van der Waals surface area contributed by atoms with Gasteiger partial charge < -0.3 is 4.40 Å². The molecule has 98 valence electrons. The molecular formula is C12H17N3O2S. The minimum atomic E-state index is -3.51. The molecule has 0 saturated heterocycles. The summed E-state index contributed by atoms with van der Waals surface area (Å²) in [5.41, 5.74) is 0.620. The summed E-state index contributed by atoms with van der Waals surface area (Å²) in [6.07, 6.45) is 1.84. The first-order valence-corrected chi connectivity index (χ1v) is 7.19. The summed E-state index contributed by atoms with van der Waals surface area (Å²) < 4.78 is 27.5. The van der Waals surface area contributed by atoms with Crippen molar-refractivity contribution in [3.05, 3.63) is 30.2 Å². The lowest BCUT2D eigenvalue weighted by Gasteiger charge is -2.08. The van der Waals surface area contributed by atoms with E-state index >= 15 is 0 Å². The number of pyridine rings is 1. The molecule has 6 heteroatoms. The fourth-order valence-corrected chi connectivity index (χ4v) is 2.79. The molecular weight excluding hydrogens is 250 g/mol. The first-order valence-electron chi connectivity index (χ1n) is 5.75. The lowest BCUT2D eigenvalue weighted by Crippen LogP contribution is -2.22. The topological polar surface area (TPSA) is 54.7 Å². The van der Waals surface area contributed by atoms with Crippen molar-refractivity contribution in [1.82, 2.24) is 13.7 Å². The minimum Gasteiger partial charge on any atom is -0.302 e. The van der Waals surface area contributed by atoms with Gasteiger partial charge in [-0.2, -0.15) is 0 Å². The van der Waals surface area contributed by atoms with E-state index < -0.39 is 10.0 Å². The van der Waals surface area contributed by atoms with Gasteiger partial charge in [-0.25, -0.2) is 17.7 Å². The largest absolute Gasteiger partial charge is 0.302 e. The SMILES string of the molecule is CC(C)c1nc(S(=O)(=O)N(C)C)c2ccccn12. The lowest BCUT2D eigenvalue weighted by atomic mass is 10.2. The maximum atomic E-state index is 12.2. The molecule has 0 aliphatic rings. The monoisotopic (exact) mass is 267 g/mol. The molecule has 0 spiro atoms. The van der Waals surface area contributed by atoms with Crippen LogP contribution >= 0.6 is 0 Å². The number of hydrogen-bond acceptors (Lipinski definition) is 3. The van der Waals surface area contributed by atoms with Crippen molar-refractivity contribution in [2.24, 2.45) is 0 Å². The molecule has 0 radical (unpaired) electrons. The fraction of sp³-hybridized carbons (Fsp3) is 0.417. The summed E-state index contributed by atoms with van der Waals surface area (Å²) in [7, 11) is -0.490. The highest BCUT2D eigenvalue weighted by atomic mass is 32.2. The Morgan fingerprint density at radius 2 is 1.94 bits per heavy atom. The van der Waals surface area contributed by atoms with Crippen LogP contribution in [0.5, 0.6) is 0 Å². The van der Waals surface area contributed by atoms with Gasteiger partial charge in [0.05, 0.1) is 5.52 Å². The highest BCUT2D eigenvalue weighted by molar-refractivity contribution is 7.89. The van der Waals surface area contributed by atoms with Crippen LogP contribution in [0.1, 0.15) is 25.6 Å². The maximum Gasteiger partial charge on any atom is 0.262 e. The Balaban J connectivity index is 2.82. The number of fused-ring (bicyclic) bond motifs is 1. The molecule has 0 atom stereocenters. The molecule has 0 N–H and O–H groups in total. The fourth-order valence-electron chi connectivity index (χ4n) is 1.80. The van der Waals surface area contributed by atoms with Crippen LogP contribution in [-0.4, -0.2) is 36.2 Å². The number of hydrogen-bond donors (Lipinski definition) is 0. The second-order valence-corrected chi connectivity index (χ2v) is 6.74. The Hall–Kier alpha value is -1.40. The molecule has 0 aliphatic carbocycles. The van der Waals surface area contributed by atoms with Crippen molar-refractivity contribution in [3.8, 4) is 0 Å². The van der Waals surface area contributed by atoms with E-state index in [1.807, 2.05) is 36.6 Å². The number of imidazole rings is 1. The Morgan fingerprint density at radius 1 is 1.28 bits per heavy atom. The van der Waals surface area contributed by atoms with Crippen LogP contribution in [0.2, 0.25) is 0 Å². The smallest absolute Gasteiger partial charge is 0.262 e. The molecule has 0 fully saturated rings. The predicted molar refractivity (Wildman–Crippen MR) is 70.2 cm³/mol. The number of nitrogens with zero attached hydrogens (tertiary/aromatic N) is 3. The average molecular weight is 267 g/mol. The number of rotatable bonds is 3. The zero-order chi connectivity index (χ0) is 13.5. The van der Waals surface area contributed by atoms with Gasteiger partial charge in [0.25, 0.3) is 10.0 Å². The standard InChI is InChI=1S/C12H17N3O2S/c1-9(2)11-13-12(18(16,17)14(3)4)10-7-5-6-8-15(10)11/h5-9H,1-4H3. The Labute approximate surface area is 107 Å². The summed E-state index contributed by atoms with van der Waals surface area (Å²) in [5.74, 6) is 0.914. The molecule has 2 aromatic heterocycles. The Bertz CT molecular complexity index is 672. The molecule has 2 rings (SSSR count). The van der Waals surface area contributed by atoms with Crippen LogP contribution in [0.3, 0.4) is 0 Å². The first-order chi connectivity index (χ1) is 8.35. The summed E-state index contributed by atoms with van der Waals surface area (Å²) in [5, 5.41) is 0.122. The molecule has 0 bridgehead atoms. The Morgan fingerprint density at radius 3 is 2.50 bits per heavy atom. The van der Waals surface area contributed by atoms with Crippen molar-refractivity contribution in [3.63, 3.8) is 0 Å². The number of aromatic nitrogens is 2. The predicted octanol–water partition coefficient (Wildman–Crippen LogP) is 1.71. The van der Waals surface area contributed by atoms with Gasteiger partial charge >= 0.3 is 0 Å². The summed E-state index contributed by atoms with van der Waals surface area (Å²) in [4.78, 5) is 4.32. The van der Waals surface area contributed by atoms with Gasteiger partial charge in [0.2, 0.25) is 0 Å². The normalized spacial score (nSPS) is 12.8. The van der Waals surface area contributed by atoms with Crippen LogP contribution in [0.25, 0.3) is 5.52 Å². The summed E-state index contributed by atoms with van der Waals surface area (Å²) >= 11 is 0. The van der Waals surface area contributed by atoms with Crippen LogP contribution in [0.15, 0.2) is 29.4 Å². The van der Waals surface area contributed by atoms with E-state index in [4.69, 9.17) is 0 Å². The van der Waals surface area contributed by atoms with Gasteiger partial charge in [0.15, 0.2) is 5.03 Å². The lowest BCUT2D eigenvalue weighted by molar-refractivity contribution is 0.518. The van der Waals surface area contributed by atoms with Crippen molar-refractivity contribution < 1.29 is 8.42 Å². The van der Waals surface area contributed by atoms with Crippen LogP contribution in [0.4, 0.5) is 0 Å². The molecule has 5 nitrogen and oxygen atoms in total. The molecule has 0 saturated carbocycles. The number of sulfonamides is 1. The molecule has 2 heterocycles. The highest BCUT2D eigenvalue weighted by Gasteiger charge is 2.25. The van der Waals surface area contributed by atoms with Gasteiger partial charge in [-0.1, -0.05) is 19.9 Å². The Kier molecular flexibility index (Phi) is 3.16. The second-order valence-electron chi connectivity index (χ2n) is 4.67. The van der Waals surface area contributed by atoms with E-state index in [0.29, 0.717) is 5.52 Å². The zero-order valence-electron chi connectivity index (χ0n) is 11.0. The van der Waals surface area contributed by atoms with Crippen LogP contribution in [-0.2, 0) is 10.0 Å². The first kappa shape index (κ1) is 13.0. The zero-order valence-corrected chi connectivity index (χ0v) is 11.8. The molecule has 2 aromatic rings. The third-order valence-corrected chi connectivity index (χ3v) is 4.53. The molecule has 0 amide bonds. The molecule has 0 unspecified atom stereocenters. The van der Waals surface area contributed by atoms with E-state index in [1.54, 1.807) is 6.07 Å². The molecule has 0 aliphatic heterocycles. The average Bonchev–Trinajstić information content (AvgIpc) is 2.68. The van der Waals surface area contributed by atoms with E-state index in [1.165, 1.54) is 18.4 Å². The van der Waals surface area contributed by atoms with E-state index in [-0.39, 0.29) is 10.9 Å². The van der Waals surface area contributed by atoms with Crippen LogP contribution < -0.4 is 0 Å². The summed E-state index contributed by atoms with van der Waals surface area (Å²) in [6, 6.07) is 5.46. The quantitative estimate of drug-likeness (QED) is 0.850. The third kappa shape index (κ3) is 1.91. The van der Waals surface area contributed by atoms with Gasteiger partial charge in [-0.05, 0) is 12.1 Å². The van der Waals surface area contributed by atoms with Crippen molar-refractivity contribution in [2.45, 2.75) is 24.8 Å². The molecule has 18 heavy (non-hydrogen) atoms. The van der Waals surface area contributed by atoms with Gasteiger partial charge in [-0.3, -0.25) is 0 Å². The highest BCUT2D eigenvalue weighted by Crippen LogP contribution is 2.24. The van der Waals surface area contributed by atoms with Crippen LogP contribution in [0, 0.1) is 0 Å². The maximum absolute atomic E-state index is 12.2. The van der Waals surface area contributed by atoms with E-state index in [9.17, 15) is 8.42 Å². The van der Waals surface area contributed by atoms with Crippen molar-refractivity contribution >= 4 is 15.5 Å². The van der Waals surface area contributed by atoms with E-state index in [0.717, 1.165) is 5.82 Å². The molecule has 0 aromatic carbocycles. The second kappa shape index (κ2) is 4.37. The van der Waals surface area contributed by atoms with Gasteiger partial charge in [0.1, 0.15) is 5.82 Å². The summed E-state index contributed by atoms with van der Waals surface area (Å²) in [6.45, 7) is 3.99.